The number of alkyl carbamates (subject to hydrolysis) is 1. The molecule has 0 aliphatic carbocycles. The summed E-state index contributed by atoms with van der Waals surface area (Å²) >= 11 is 0. The molecule has 0 heterocycles. The van der Waals surface area contributed by atoms with E-state index in [2.05, 4.69) is 5.32 Å². The number of carbonyl (C=O) groups excluding carboxylic acids is 2. The molecule has 1 aromatic carbocycles. The van der Waals surface area contributed by atoms with Crippen molar-refractivity contribution in [3.05, 3.63) is 35.9 Å². The van der Waals surface area contributed by atoms with E-state index in [-0.39, 0.29) is 12.3 Å². The number of aliphatic carboxylic acids is 2. The summed E-state index contributed by atoms with van der Waals surface area (Å²) in [6, 6.07) is 7.20. The molecule has 0 saturated carbocycles. The average Bonchev–Trinajstić information content (AvgIpc) is 2.63. The molecule has 0 fully saturated rings. The average molecular weight is 421 g/mol. The van der Waals surface area contributed by atoms with Gasteiger partial charge in [0, 0.05) is 6.42 Å². The molecular formula is C22H31NO7. The predicted octanol–water partition coefficient (Wildman–Crippen LogP) is 3.28. The van der Waals surface area contributed by atoms with Crippen LogP contribution in [0.3, 0.4) is 0 Å². The standard InChI is InChI=1S/C22H31NO7/c1-6-14(2)17(23-20(29)30-21(3,4)5)16(24)13-22(18(25)26,19(27)28)12-15-10-8-7-9-11-15/h7-11,14,17H,6,12-13H2,1-5H3,(H,23,29)(H,25,26)(H,27,28)/t14-,17-/m0/s1. The molecule has 166 valence electrons. The minimum atomic E-state index is -2.35. The van der Waals surface area contributed by atoms with Crippen molar-refractivity contribution in [3.8, 4) is 0 Å². The van der Waals surface area contributed by atoms with E-state index in [0.29, 0.717) is 12.0 Å². The molecule has 1 aromatic rings. The van der Waals surface area contributed by atoms with Crippen LogP contribution in [0.1, 0.15) is 53.0 Å². The van der Waals surface area contributed by atoms with E-state index < -0.39 is 47.3 Å². The van der Waals surface area contributed by atoms with Crippen LogP contribution in [0.2, 0.25) is 0 Å². The molecular weight excluding hydrogens is 390 g/mol. The van der Waals surface area contributed by atoms with E-state index >= 15 is 0 Å². The van der Waals surface area contributed by atoms with Crippen molar-refractivity contribution >= 4 is 23.8 Å². The second-order valence-corrected chi connectivity index (χ2v) is 8.51. The van der Waals surface area contributed by atoms with Crippen LogP contribution in [-0.2, 0) is 25.5 Å². The van der Waals surface area contributed by atoms with Crippen molar-refractivity contribution in [3.63, 3.8) is 0 Å². The zero-order chi connectivity index (χ0) is 23.1. The Morgan fingerprint density at radius 1 is 1.03 bits per heavy atom. The Morgan fingerprint density at radius 2 is 1.57 bits per heavy atom. The van der Waals surface area contributed by atoms with Gasteiger partial charge in [0.2, 0.25) is 0 Å². The Bertz CT molecular complexity index is 753. The SMILES string of the molecule is CC[C@H](C)[C@H](NC(=O)OC(C)(C)C)C(=O)CC(Cc1ccccc1)(C(=O)O)C(=O)O. The highest BCUT2D eigenvalue weighted by Crippen LogP contribution is 2.30. The molecule has 30 heavy (non-hydrogen) atoms. The summed E-state index contributed by atoms with van der Waals surface area (Å²) in [5.41, 5.74) is -2.65. The smallest absolute Gasteiger partial charge is 0.408 e. The molecule has 1 amide bonds. The summed E-state index contributed by atoms with van der Waals surface area (Å²) < 4.78 is 5.20. The van der Waals surface area contributed by atoms with E-state index in [4.69, 9.17) is 4.74 Å². The summed E-state index contributed by atoms with van der Waals surface area (Å²) in [5, 5.41) is 22.0. The minimum Gasteiger partial charge on any atom is -0.480 e. The number of carboxylic acids is 2. The fourth-order valence-corrected chi connectivity index (χ4v) is 3.02. The van der Waals surface area contributed by atoms with Crippen molar-refractivity contribution in [2.24, 2.45) is 11.3 Å². The van der Waals surface area contributed by atoms with Crippen molar-refractivity contribution in [1.29, 1.82) is 0 Å². The molecule has 0 spiro atoms. The van der Waals surface area contributed by atoms with Crippen LogP contribution in [0.25, 0.3) is 0 Å². The second kappa shape index (κ2) is 10.2. The van der Waals surface area contributed by atoms with Gasteiger partial charge in [-0.3, -0.25) is 14.4 Å². The van der Waals surface area contributed by atoms with Crippen molar-refractivity contribution in [2.45, 2.75) is 65.5 Å². The van der Waals surface area contributed by atoms with Crippen LogP contribution in [0.4, 0.5) is 4.79 Å². The number of carbonyl (C=O) groups is 4. The Morgan fingerprint density at radius 3 is 2.00 bits per heavy atom. The first-order valence-electron chi connectivity index (χ1n) is 9.85. The van der Waals surface area contributed by atoms with E-state index in [9.17, 15) is 29.4 Å². The highest BCUT2D eigenvalue weighted by Gasteiger charge is 2.49. The number of hydrogen-bond acceptors (Lipinski definition) is 5. The Labute approximate surface area is 176 Å². The molecule has 0 saturated heterocycles. The van der Waals surface area contributed by atoms with Crippen LogP contribution in [0.5, 0.6) is 0 Å². The van der Waals surface area contributed by atoms with Crippen LogP contribution >= 0.6 is 0 Å². The van der Waals surface area contributed by atoms with Gasteiger partial charge in [0.05, 0.1) is 6.04 Å². The molecule has 0 radical (unpaired) electrons. The highest BCUT2D eigenvalue weighted by molar-refractivity contribution is 6.04. The largest absolute Gasteiger partial charge is 0.480 e. The number of rotatable bonds is 10. The lowest BCUT2D eigenvalue weighted by molar-refractivity contribution is -0.167. The maximum Gasteiger partial charge on any atom is 0.408 e. The fraction of sp³-hybridized carbons (Fsp3) is 0.545. The number of amides is 1. The first-order valence-corrected chi connectivity index (χ1v) is 9.85. The number of benzene rings is 1. The fourth-order valence-electron chi connectivity index (χ4n) is 3.02. The van der Waals surface area contributed by atoms with Gasteiger partial charge in [-0.15, -0.1) is 0 Å². The van der Waals surface area contributed by atoms with E-state index in [1.54, 1.807) is 58.0 Å². The molecule has 0 aromatic heterocycles. The summed E-state index contributed by atoms with van der Waals surface area (Å²) in [6.45, 7) is 8.55. The highest BCUT2D eigenvalue weighted by atomic mass is 16.6. The summed E-state index contributed by atoms with van der Waals surface area (Å²) in [4.78, 5) is 49.3. The van der Waals surface area contributed by atoms with Gasteiger partial charge in [-0.25, -0.2) is 4.79 Å². The third kappa shape index (κ3) is 6.86. The number of ketones is 1. The summed E-state index contributed by atoms with van der Waals surface area (Å²) in [7, 11) is 0. The molecule has 0 aliphatic heterocycles. The lowest BCUT2D eigenvalue weighted by atomic mass is 9.75. The van der Waals surface area contributed by atoms with Gasteiger partial charge in [-0.2, -0.15) is 0 Å². The van der Waals surface area contributed by atoms with E-state index in [1.165, 1.54) is 0 Å². The number of ether oxygens (including phenoxy) is 1. The number of Topliss-reactive ketones (excluding diaryl/α,β-unsaturated/α-hetero) is 1. The van der Waals surface area contributed by atoms with Crippen molar-refractivity contribution in [2.75, 3.05) is 0 Å². The first kappa shape index (κ1) is 25.1. The molecule has 0 aliphatic rings. The maximum atomic E-state index is 13.1. The quantitative estimate of drug-likeness (QED) is 0.494. The molecule has 1 rings (SSSR count). The van der Waals surface area contributed by atoms with Crippen molar-refractivity contribution in [1.82, 2.24) is 5.32 Å². The van der Waals surface area contributed by atoms with E-state index in [0.717, 1.165) is 0 Å². The predicted molar refractivity (Wildman–Crippen MR) is 110 cm³/mol. The Hall–Kier alpha value is -2.90. The summed E-state index contributed by atoms with van der Waals surface area (Å²) in [5.74, 6) is -4.22. The van der Waals surface area contributed by atoms with Gasteiger partial charge in [0.1, 0.15) is 5.60 Å². The van der Waals surface area contributed by atoms with Gasteiger partial charge in [0.15, 0.2) is 11.2 Å². The summed E-state index contributed by atoms with van der Waals surface area (Å²) in [6.07, 6.45) is -1.43. The Kier molecular flexibility index (Phi) is 8.57. The zero-order valence-electron chi connectivity index (χ0n) is 18.1. The lowest BCUT2D eigenvalue weighted by Crippen LogP contribution is -2.51. The van der Waals surface area contributed by atoms with E-state index in [1.807, 2.05) is 6.92 Å². The normalized spacial score (nSPS) is 13.8. The molecule has 2 atom stereocenters. The topological polar surface area (TPSA) is 130 Å². The number of nitrogens with one attached hydrogen (secondary N) is 1. The van der Waals surface area contributed by atoms with Crippen LogP contribution < -0.4 is 5.32 Å². The first-order chi connectivity index (χ1) is 13.8. The van der Waals surface area contributed by atoms with Gasteiger partial charge in [-0.05, 0) is 38.7 Å². The molecule has 8 nitrogen and oxygen atoms in total. The molecule has 0 unspecified atom stereocenters. The second-order valence-electron chi connectivity index (χ2n) is 8.51. The minimum absolute atomic E-state index is 0.345. The van der Waals surface area contributed by atoms with Crippen LogP contribution in [-0.4, -0.2) is 45.7 Å². The monoisotopic (exact) mass is 421 g/mol. The third-order valence-electron chi connectivity index (χ3n) is 4.88. The number of hydrogen-bond donors (Lipinski definition) is 3. The van der Waals surface area contributed by atoms with Gasteiger partial charge >= 0.3 is 18.0 Å². The Balaban J connectivity index is 3.20. The van der Waals surface area contributed by atoms with Crippen molar-refractivity contribution < 1.29 is 34.1 Å². The van der Waals surface area contributed by atoms with Gasteiger partial charge < -0.3 is 20.3 Å². The number of carboxylic acid groups (broad SMARTS) is 2. The van der Waals surface area contributed by atoms with Crippen LogP contribution in [0, 0.1) is 11.3 Å². The molecule has 0 bridgehead atoms. The van der Waals surface area contributed by atoms with Gasteiger partial charge in [-0.1, -0.05) is 50.6 Å². The lowest BCUT2D eigenvalue weighted by Gasteiger charge is -2.30. The third-order valence-corrected chi connectivity index (χ3v) is 4.88. The molecule has 8 heteroatoms. The van der Waals surface area contributed by atoms with Gasteiger partial charge in [0.25, 0.3) is 0 Å². The maximum absolute atomic E-state index is 13.1. The van der Waals surface area contributed by atoms with Crippen LogP contribution in [0.15, 0.2) is 30.3 Å². The zero-order valence-corrected chi connectivity index (χ0v) is 18.1. The molecule has 3 N–H and O–H groups in total.